The maximum absolute atomic E-state index is 13.6. The molecule has 4 rings (SSSR count). The van der Waals surface area contributed by atoms with Crippen LogP contribution in [0, 0.1) is 6.92 Å². The molecule has 1 unspecified atom stereocenters. The molecule has 1 saturated heterocycles. The van der Waals surface area contributed by atoms with Crippen molar-refractivity contribution in [1.29, 1.82) is 0 Å². The van der Waals surface area contributed by atoms with Crippen molar-refractivity contribution in [3.8, 4) is 0 Å². The molecular weight excluding hydrogens is 356 g/mol. The number of aryl methyl sites for hydroxylation is 1. The van der Waals surface area contributed by atoms with E-state index in [2.05, 4.69) is 33.9 Å². The van der Waals surface area contributed by atoms with Crippen LogP contribution in [0.15, 0.2) is 47.4 Å². The van der Waals surface area contributed by atoms with Crippen molar-refractivity contribution in [3.63, 3.8) is 0 Å². The van der Waals surface area contributed by atoms with Gasteiger partial charge >= 0.3 is 0 Å². The van der Waals surface area contributed by atoms with Crippen molar-refractivity contribution >= 4 is 15.7 Å². The first-order valence-electron chi connectivity index (χ1n) is 9.85. The molecule has 0 spiro atoms. The standard InChI is InChI=1S/C22H28N2O2S/c1-15(2)17-6-8-18(9-7-17)27(25,26)24-21-10-5-16(3)13-19(21)20-14-23(4)12-11-22(20)24/h5-10,13,15,20,22H,11-12,14H2,1-4H3/p+1/t20-,22-/m0/s1. The first kappa shape index (κ1) is 18.5. The summed E-state index contributed by atoms with van der Waals surface area (Å²) in [6, 6.07) is 13.7. The Balaban J connectivity index is 1.80. The number of likely N-dealkylation sites (N-methyl/N-ethyl adjacent to an activating group) is 1. The monoisotopic (exact) mass is 385 g/mol. The number of likely N-dealkylation sites (tertiary alicyclic amines) is 1. The molecule has 0 aromatic heterocycles. The highest BCUT2D eigenvalue weighted by molar-refractivity contribution is 7.92. The maximum atomic E-state index is 13.6. The second-order valence-corrected chi connectivity index (χ2v) is 10.3. The van der Waals surface area contributed by atoms with Crippen molar-refractivity contribution in [2.24, 2.45) is 0 Å². The first-order chi connectivity index (χ1) is 12.8. The topological polar surface area (TPSA) is 41.8 Å². The third-order valence-corrected chi connectivity index (χ3v) is 7.98. The van der Waals surface area contributed by atoms with E-state index in [9.17, 15) is 8.42 Å². The molecule has 0 amide bonds. The smallest absolute Gasteiger partial charge is 0.264 e. The SMILES string of the molecule is Cc1ccc2c(c1)[C@@H]1C[NH+](C)CC[C@@H]1N2S(=O)(=O)c1ccc(C(C)C)cc1. The quantitative estimate of drug-likeness (QED) is 0.883. The molecule has 1 fully saturated rings. The van der Waals surface area contributed by atoms with E-state index in [1.807, 2.05) is 24.3 Å². The summed E-state index contributed by atoms with van der Waals surface area (Å²) in [5.74, 6) is 0.664. The number of fused-ring (bicyclic) bond motifs is 3. The van der Waals surface area contributed by atoms with Crippen LogP contribution in [0.2, 0.25) is 0 Å². The highest BCUT2D eigenvalue weighted by Crippen LogP contribution is 2.45. The van der Waals surface area contributed by atoms with Gasteiger partial charge < -0.3 is 4.90 Å². The molecule has 0 saturated carbocycles. The third kappa shape index (κ3) is 3.07. The van der Waals surface area contributed by atoms with Gasteiger partial charge in [0.1, 0.15) is 0 Å². The summed E-state index contributed by atoms with van der Waals surface area (Å²) >= 11 is 0. The van der Waals surface area contributed by atoms with E-state index in [1.54, 1.807) is 16.4 Å². The van der Waals surface area contributed by atoms with E-state index < -0.39 is 10.0 Å². The Morgan fingerprint density at radius 3 is 2.48 bits per heavy atom. The molecule has 2 aromatic rings. The van der Waals surface area contributed by atoms with E-state index in [-0.39, 0.29) is 12.0 Å². The molecule has 2 aliphatic heterocycles. The fourth-order valence-electron chi connectivity index (χ4n) is 4.60. The average Bonchev–Trinajstić information content (AvgIpc) is 2.95. The van der Waals surface area contributed by atoms with Crippen LogP contribution in [0.3, 0.4) is 0 Å². The molecular formula is C22H29N2O2S+. The van der Waals surface area contributed by atoms with Gasteiger partial charge in [0.05, 0.1) is 42.7 Å². The zero-order valence-corrected chi connectivity index (χ0v) is 17.4. The maximum Gasteiger partial charge on any atom is 0.264 e. The lowest BCUT2D eigenvalue weighted by atomic mass is 9.89. The van der Waals surface area contributed by atoms with Crippen LogP contribution >= 0.6 is 0 Å². The number of benzene rings is 2. The van der Waals surface area contributed by atoms with Gasteiger partial charge in [-0.2, -0.15) is 0 Å². The number of quaternary nitrogens is 1. The summed E-state index contributed by atoms with van der Waals surface area (Å²) < 4.78 is 29.0. The number of sulfonamides is 1. The number of rotatable bonds is 3. The molecule has 5 heteroatoms. The third-order valence-electron chi connectivity index (χ3n) is 6.12. The van der Waals surface area contributed by atoms with E-state index >= 15 is 0 Å². The Morgan fingerprint density at radius 2 is 1.81 bits per heavy atom. The number of anilines is 1. The summed E-state index contributed by atoms with van der Waals surface area (Å²) in [5.41, 5.74) is 4.42. The fourth-order valence-corrected chi connectivity index (χ4v) is 6.34. The van der Waals surface area contributed by atoms with Gasteiger partial charge in [0.15, 0.2) is 0 Å². The normalized spacial score (nSPS) is 24.8. The van der Waals surface area contributed by atoms with Gasteiger partial charge in [0, 0.05) is 6.42 Å². The summed E-state index contributed by atoms with van der Waals surface area (Å²) in [5, 5.41) is 0. The largest absolute Gasteiger partial charge is 0.337 e. The van der Waals surface area contributed by atoms with Gasteiger partial charge in [-0.25, -0.2) is 8.42 Å². The Hall–Kier alpha value is -1.85. The van der Waals surface area contributed by atoms with Crippen LogP contribution in [-0.4, -0.2) is 34.6 Å². The lowest BCUT2D eigenvalue weighted by Gasteiger charge is -2.34. The lowest BCUT2D eigenvalue weighted by Crippen LogP contribution is -3.11. The van der Waals surface area contributed by atoms with Crippen molar-refractivity contribution in [2.45, 2.75) is 50.0 Å². The van der Waals surface area contributed by atoms with Crippen molar-refractivity contribution in [3.05, 3.63) is 59.2 Å². The van der Waals surface area contributed by atoms with Gasteiger partial charge in [0.25, 0.3) is 10.0 Å². The number of hydrogen-bond donors (Lipinski definition) is 1. The van der Waals surface area contributed by atoms with Crippen LogP contribution in [0.4, 0.5) is 5.69 Å². The van der Waals surface area contributed by atoms with Gasteiger partial charge in [0.2, 0.25) is 0 Å². The Bertz CT molecular complexity index is 951. The predicted molar refractivity (Wildman–Crippen MR) is 109 cm³/mol. The molecule has 0 aliphatic carbocycles. The molecule has 4 nitrogen and oxygen atoms in total. The Kier molecular flexibility index (Phi) is 4.55. The van der Waals surface area contributed by atoms with Gasteiger partial charge in [-0.3, -0.25) is 4.31 Å². The molecule has 0 radical (unpaired) electrons. The fraction of sp³-hybridized carbons (Fsp3) is 0.455. The molecule has 1 N–H and O–H groups in total. The highest BCUT2D eigenvalue weighted by atomic mass is 32.2. The number of piperidine rings is 1. The summed E-state index contributed by atoms with van der Waals surface area (Å²) in [7, 11) is -1.37. The van der Waals surface area contributed by atoms with Crippen LogP contribution in [0.1, 0.15) is 48.8 Å². The van der Waals surface area contributed by atoms with Crippen LogP contribution in [-0.2, 0) is 10.0 Å². The average molecular weight is 386 g/mol. The van der Waals surface area contributed by atoms with Gasteiger partial charge in [-0.1, -0.05) is 43.7 Å². The van der Waals surface area contributed by atoms with E-state index in [1.165, 1.54) is 16.0 Å². The van der Waals surface area contributed by atoms with Gasteiger partial charge in [-0.15, -0.1) is 0 Å². The minimum Gasteiger partial charge on any atom is -0.337 e. The van der Waals surface area contributed by atoms with Crippen LogP contribution in [0.25, 0.3) is 0 Å². The first-order valence-corrected chi connectivity index (χ1v) is 11.3. The lowest BCUT2D eigenvalue weighted by molar-refractivity contribution is -0.886. The van der Waals surface area contributed by atoms with E-state index in [0.717, 1.165) is 30.8 Å². The summed E-state index contributed by atoms with van der Waals surface area (Å²) in [6.45, 7) is 8.31. The molecule has 0 bridgehead atoms. The second kappa shape index (κ2) is 6.64. The number of hydrogen-bond acceptors (Lipinski definition) is 2. The molecule has 2 aliphatic rings. The Labute approximate surface area is 162 Å². The summed E-state index contributed by atoms with van der Waals surface area (Å²) in [6.07, 6.45) is 0.896. The predicted octanol–water partition coefficient (Wildman–Crippen LogP) is 2.70. The molecule has 144 valence electrons. The van der Waals surface area contributed by atoms with E-state index in [0.29, 0.717) is 10.8 Å². The van der Waals surface area contributed by atoms with Gasteiger partial charge in [-0.05, 0) is 42.2 Å². The molecule has 27 heavy (non-hydrogen) atoms. The van der Waals surface area contributed by atoms with Crippen LogP contribution in [0.5, 0.6) is 0 Å². The molecule has 3 atom stereocenters. The van der Waals surface area contributed by atoms with Crippen molar-refractivity contribution < 1.29 is 13.3 Å². The number of nitrogens with one attached hydrogen (secondary N) is 1. The zero-order valence-electron chi connectivity index (χ0n) is 16.6. The summed E-state index contributed by atoms with van der Waals surface area (Å²) in [4.78, 5) is 1.87. The van der Waals surface area contributed by atoms with Crippen molar-refractivity contribution in [2.75, 3.05) is 24.4 Å². The number of nitrogens with zero attached hydrogens (tertiary/aromatic N) is 1. The Morgan fingerprint density at radius 1 is 1.11 bits per heavy atom. The minimum absolute atomic E-state index is 0.0280. The highest BCUT2D eigenvalue weighted by Gasteiger charge is 2.48. The van der Waals surface area contributed by atoms with Crippen molar-refractivity contribution in [1.82, 2.24) is 0 Å². The molecule has 2 aromatic carbocycles. The molecule has 2 heterocycles. The van der Waals surface area contributed by atoms with Crippen LogP contribution < -0.4 is 9.21 Å². The zero-order chi connectivity index (χ0) is 19.3. The second-order valence-electron chi connectivity index (χ2n) is 8.46. The van der Waals surface area contributed by atoms with E-state index in [4.69, 9.17) is 0 Å². The minimum atomic E-state index is -3.57.